The van der Waals surface area contributed by atoms with Gasteiger partial charge in [0.25, 0.3) is 5.56 Å². The van der Waals surface area contributed by atoms with E-state index in [-0.39, 0.29) is 17.1 Å². The van der Waals surface area contributed by atoms with Crippen LogP contribution in [0.4, 0.5) is 0 Å². The summed E-state index contributed by atoms with van der Waals surface area (Å²) in [5.74, 6) is -1.12. The first kappa shape index (κ1) is 19.0. The molecule has 0 bridgehead atoms. The molecule has 8 heteroatoms. The van der Waals surface area contributed by atoms with Crippen LogP contribution in [0, 0.1) is 6.92 Å². The molecule has 2 heterocycles. The van der Waals surface area contributed by atoms with Crippen LogP contribution in [0.5, 0.6) is 5.75 Å². The number of aromatic nitrogens is 1. The predicted octanol–water partition coefficient (Wildman–Crippen LogP) is 2.67. The highest BCUT2D eigenvalue weighted by atomic mass is 32.2. The van der Waals surface area contributed by atoms with Gasteiger partial charge in [0.1, 0.15) is 11.3 Å². The van der Waals surface area contributed by atoms with Crippen LogP contribution in [-0.2, 0) is 17.6 Å². The first-order chi connectivity index (χ1) is 11.8. The number of pyridine rings is 1. The monoisotopic (exact) mass is 379 g/mol. The normalized spacial score (nSPS) is 11.1. The summed E-state index contributed by atoms with van der Waals surface area (Å²) in [7, 11) is 1.54. The van der Waals surface area contributed by atoms with E-state index >= 15 is 0 Å². The van der Waals surface area contributed by atoms with Crippen molar-refractivity contribution in [1.29, 1.82) is 0 Å². The average molecular weight is 379 g/mol. The van der Waals surface area contributed by atoms with Gasteiger partial charge in [-0.1, -0.05) is 0 Å². The number of allylic oxidation sites excluding steroid dienone is 1. The van der Waals surface area contributed by atoms with Crippen LogP contribution in [-0.4, -0.2) is 32.3 Å². The minimum atomic E-state index is -0.855. The predicted molar refractivity (Wildman–Crippen MR) is 99.6 cm³/mol. The number of carboxylic acid groups (broad SMARTS) is 1. The third-order valence-electron chi connectivity index (χ3n) is 3.45. The number of aromatic hydroxyl groups is 1. The summed E-state index contributed by atoms with van der Waals surface area (Å²) in [6, 6.07) is 5.07. The quantitative estimate of drug-likeness (QED) is 0.567. The molecule has 2 aromatic rings. The number of carboxylic acids is 1. The Hall–Kier alpha value is -2.32. The van der Waals surface area contributed by atoms with Crippen molar-refractivity contribution in [2.45, 2.75) is 12.7 Å². The van der Waals surface area contributed by atoms with Gasteiger partial charge in [-0.3, -0.25) is 14.4 Å². The maximum atomic E-state index is 12.3. The van der Waals surface area contributed by atoms with Crippen molar-refractivity contribution in [2.75, 3.05) is 5.75 Å². The molecule has 132 valence electrons. The Labute approximate surface area is 152 Å². The fourth-order valence-electron chi connectivity index (χ4n) is 2.08. The summed E-state index contributed by atoms with van der Waals surface area (Å²) in [5, 5.41) is 18.5. The molecule has 0 atom stereocenters. The summed E-state index contributed by atoms with van der Waals surface area (Å²) in [6.07, 6.45) is 2.84. The number of thiophene rings is 1. The summed E-state index contributed by atoms with van der Waals surface area (Å²) in [6.45, 7) is 1.67. The molecule has 0 unspecified atom stereocenters. The van der Waals surface area contributed by atoms with Crippen molar-refractivity contribution in [1.82, 2.24) is 4.57 Å². The van der Waals surface area contributed by atoms with Gasteiger partial charge in [0.15, 0.2) is 5.78 Å². The van der Waals surface area contributed by atoms with E-state index in [0.717, 1.165) is 9.75 Å². The first-order valence-electron chi connectivity index (χ1n) is 7.30. The molecule has 2 N–H and O–H groups in total. The van der Waals surface area contributed by atoms with Gasteiger partial charge in [-0.25, -0.2) is 0 Å². The van der Waals surface area contributed by atoms with E-state index in [9.17, 15) is 19.5 Å². The Morgan fingerprint density at radius 2 is 2.08 bits per heavy atom. The van der Waals surface area contributed by atoms with Crippen molar-refractivity contribution in [3.8, 4) is 5.75 Å². The van der Waals surface area contributed by atoms with Gasteiger partial charge in [0.05, 0.1) is 5.75 Å². The van der Waals surface area contributed by atoms with Gasteiger partial charge < -0.3 is 14.8 Å². The zero-order valence-corrected chi connectivity index (χ0v) is 15.3. The van der Waals surface area contributed by atoms with E-state index in [2.05, 4.69) is 0 Å². The molecule has 0 aromatic carbocycles. The topological polar surface area (TPSA) is 96.6 Å². The first-order valence-corrected chi connectivity index (χ1v) is 9.27. The second kappa shape index (κ2) is 8.17. The summed E-state index contributed by atoms with van der Waals surface area (Å²) < 4.78 is 1.31. The molecule has 0 saturated heterocycles. The van der Waals surface area contributed by atoms with Crippen molar-refractivity contribution in [3.63, 3.8) is 0 Å². The zero-order valence-electron chi connectivity index (χ0n) is 13.7. The number of nitrogens with zero attached hydrogens (tertiary/aromatic N) is 1. The number of carbonyl (C=O) groups is 2. The molecule has 25 heavy (non-hydrogen) atoms. The molecular formula is C17H17NO5S2. The number of hydrogen-bond donors (Lipinski definition) is 2. The SMILES string of the molecule is Cc1cc(O)c(C(=O)/C=C/c2ccc(CSCC(=O)O)s2)c(=O)n1C. The molecule has 0 fully saturated rings. The van der Waals surface area contributed by atoms with E-state index in [0.29, 0.717) is 11.4 Å². The number of rotatable bonds is 7. The third kappa shape index (κ3) is 4.83. The van der Waals surface area contributed by atoms with Crippen LogP contribution in [0.1, 0.15) is 25.8 Å². The highest BCUT2D eigenvalue weighted by Gasteiger charge is 2.16. The van der Waals surface area contributed by atoms with E-state index < -0.39 is 17.3 Å². The number of ketones is 1. The second-order valence-electron chi connectivity index (χ2n) is 5.30. The van der Waals surface area contributed by atoms with Crippen LogP contribution in [0.3, 0.4) is 0 Å². The molecule has 0 saturated carbocycles. The van der Waals surface area contributed by atoms with E-state index in [4.69, 9.17) is 5.11 Å². The highest BCUT2D eigenvalue weighted by Crippen LogP contribution is 2.23. The van der Waals surface area contributed by atoms with Crippen molar-refractivity contribution in [3.05, 3.63) is 55.6 Å². The van der Waals surface area contributed by atoms with Crippen LogP contribution < -0.4 is 5.56 Å². The maximum absolute atomic E-state index is 12.3. The lowest BCUT2D eigenvalue weighted by Crippen LogP contribution is -2.25. The van der Waals surface area contributed by atoms with E-state index in [1.54, 1.807) is 13.0 Å². The number of hydrogen-bond acceptors (Lipinski definition) is 6. The summed E-state index contributed by atoms with van der Waals surface area (Å²) >= 11 is 2.74. The maximum Gasteiger partial charge on any atom is 0.313 e. The smallest absolute Gasteiger partial charge is 0.313 e. The van der Waals surface area contributed by atoms with Gasteiger partial charge in [-0.05, 0) is 31.2 Å². The van der Waals surface area contributed by atoms with Crippen LogP contribution in [0.25, 0.3) is 6.08 Å². The van der Waals surface area contributed by atoms with Crippen molar-refractivity contribution in [2.24, 2.45) is 7.05 Å². The highest BCUT2D eigenvalue weighted by molar-refractivity contribution is 7.99. The standard InChI is InChI=1S/C17H17NO5S2/c1-10-7-14(20)16(17(23)18(10)2)13(19)6-5-11-3-4-12(25-11)8-24-9-15(21)22/h3-7,20H,8-9H2,1-2H3,(H,21,22)/b6-5+. The number of aliphatic carboxylic acids is 1. The van der Waals surface area contributed by atoms with Crippen LogP contribution in [0.15, 0.2) is 29.1 Å². The molecular weight excluding hydrogens is 362 g/mol. The molecule has 0 aliphatic heterocycles. The second-order valence-corrected chi connectivity index (χ2v) is 7.48. The van der Waals surface area contributed by atoms with E-state index in [1.807, 2.05) is 12.1 Å². The molecule has 0 spiro atoms. The van der Waals surface area contributed by atoms with E-state index in [1.165, 1.54) is 46.9 Å². The molecule has 2 aromatic heterocycles. The minimum Gasteiger partial charge on any atom is -0.507 e. The Bertz CT molecular complexity index is 895. The molecule has 2 rings (SSSR count). The van der Waals surface area contributed by atoms with Crippen molar-refractivity contribution >= 4 is 40.9 Å². The largest absolute Gasteiger partial charge is 0.507 e. The van der Waals surface area contributed by atoms with Gasteiger partial charge in [-0.2, -0.15) is 0 Å². The van der Waals surface area contributed by atoms with Gasteiger partial charge in [0.2, 0.25) is 0 Å². The summed E-state index contributed by atoms with van der Waals surface area (Å²) in [4.78, 5) is 36.7. The molecule has 0 amide bonds. The fourth-order valence-corrected chi connectivity index (χ4v) is 3.85. The third-order valence-corrected chi connectivity index (χ3v) is 5.65. The van der Waals surface area contributed by atoms with Gasteiger partial charge >= 0.3 is 5.97 Å². The van der Waals surface area contributed by atoms with Gasteiger partial charge in [-0.15, -0.1) is 23.1 Å². The van der Waals surface area contributed by atoms with Gasteiger partial charge in [0, 0.05) is 34.3 Å². The van der Waals surface area contributed by atoms with Crippen molar-refractivity contribution < 1.29 is 19.8 Å². The number of aryl methyl sites for hydroxylation is 1. The lowest BCUT2D eigenvalue weighted by atomic mass is 10.1. The number of thioether (sulfide) groups is 1. The number of carbonyl (C=O) groups excluding carboxylic acids is 1. The molecule has 6 nitrogen and oxygen atoms in total. The Morgan fingerprint density at radius 3 is 2.76 bits per heavy atom. The molecule has 0 aliphatic carbocycles. The Balaban J connectivity index is 2.11. The Kier molecular flexibility index (Phi) is 6.22. The Morgan fingerprint density at radius 1 is 1.36 bits per heavy atom. The summed E-state index contributed by atoms with van der Waals surface area (Å²) in [5.41, 5.74) is -0.230. The lowest BCUT2D eigenvalue weighted by molar-refractivity contribution is -0.133. The average Bonchev–Trinajstić information content (AvgIpc) is 2.98. The fraction of sp³-hybridized carbons (Fsp3) is 0.235. The van der Waals surface area contributed by atoms with Crippen LogP contribution in [0.2, 0.25) is 0 Å². The molecule has 0 radical (unpaired) electrons. The minimum absolute atomic E-state index is 0.0392. The van der Waals surface area contributed by atoms with Crippen LogP contribution >= 0.6 is 23.1 Å². The zero-order chi connectivity index (χ0) is 18.6. The molecule has 0 aliphatic rings. The lowest BCUT2D eigenvalue weighted by Gasteiger charge is -2.07.